The molecule has 5 rings (SSSR count). The Hall–Kier alpha value is -4.28. The van der Waals surface area contributed by atoms with Crippen molar-refractivity contribution < 1.29 is 9.18 Å². The van der Waals surface area contributed by atoms with Crippen LogP contribution >= 0.6 is 0 Å². The maximum atomic E-state index is 14.3. The molecule has 168 valence electrons. The van der Waals surface area contributed by atoms with E-state index >= 15 is 0 Å². The van der Waals surface area contributed by atoms with E-state index in [2.05, 4.69) is 31.0 Å². The van der Waals surface area contributed by atoms with Crippen molar-refractivity contribution in [2.24, 2.45) is 0 Å². The molecular weight excluding hydrogens is 427 g/mol. The second-order valence-corrected chi connectivity index (χ2v) is 7.73. The van der Waals surface area contributed by atoms with Gasteiger partial charge in [0.2, 0.25) is 0 Å². The number of nitrogens with zero attached hydrogens (tertiary/aromatic N) is 5. The van der Waals surface area contributed by atoms with Crippen molar-refractivity contribution in [2.45, 2.75) is 25.3 Å². The van der Waals surface area contributed by atoms with Gasteiger partial charge in [-0.1, -0.05) is 6.07 Å². The topological polar surface area (TPSA) is 118 Å². The van der Waals surface area contributed by atoms with E-state index in [1.165, 1.54) is 16.9 Å². The van der Waals surface area contributed by atoms with Crippen LogP contribution in [-0.4, -0.2) is 43.1 Å². The fourth-order valence-corrected chi connectivity index (χ4v) is 3.62. The Morgan fingerprint density at radius 1 is 1.24 bits per heavy atom. The third-order valence-electron chi connectivity index (χ3n) is 5.56. The van der Waals surface area contributed by atoms with Gasteiger partial charge in [0.25, 0.3) is 11.5 Å². The van der Waals surface area contributed by atoms with Gasteiger partial charge in [0.1, 0.15) is 34.5 Å². The maximum absolute atomic E-state index is 14.3. The van der Waals surface area contributed by atoms with Crippen molar-refractivity contribution >= 4 is 28.9 Å². The summed E-state index contributed by atoms with van der Waals surface area (Å²) in [4.78, 5) is 34.3. The first-order chi connectivity index (χ1) is 16.0. The van der Waals surface area contributed by atoms with Gasteiger partial charge in [-0.25, -0.2) is 14.4 Å². The highest BCUT2D eigenvalue weighted by molar-refractivity contribution is 6.00. The number of rotatable bonds is 6. The van der Waals surface area contributed by atoms with Crippen LogP contribution in [-0.2, 0) is 0 Å². The van der Waals surface area contributed by atoms with Crippen LogP contribution in [0.1, 0.15) is 29.6 Å². The summed E-state index contributed by atoms with van der Waals surface area (Å²) in [7, 11) is 1.70. The Morgan fingerprint density at radius 2 is 2.09 bits per heavy atom. The van der Waals surface area contributed by atoms with Crippen LogP contribution < -0.4 is 21.5 Å². The van der Waals surface area contributed by atoms with E-state index in [1.807, 2.05) is 0 Å². The van der Waals surface area contributed by atoms with E-state index in [1.54, 1.807) is 31.3 Å². The normalized spacial score (nSPS) is 13.5. The quantitative estimate of drug-likeness (QED) is 0.415. The molecule has 0 atom stereocenters. The number of anilines is 3. The van der Waals surface area contributed by atoms with Crippen LogP contribution in [0.4, 0.5) is 21.7 Å². The summed E-state index contributed by atoms with van der Waals surface area (Å²) in [5, 5.41) is 13.1. The Kier molecular flexibility index (Phi) is 5.21. The molecule has 11 heteroatoms. The molecule has 0 aromatic carbocycles. The van der Waals surface area contributed by atoms with Crippen molar-refractivity contribution in [2.75, 3.05) is 17.7 Å². The number of hydrogen-bond acceptors (Lipinski definition) is 7. The largest absolute Gasteiger partial charge is 0.373 e. The number of amides is 1. The fourth-order valence-electron chi connectivity index (χ4n) is 3.62. The van der Waals surface area contributed by atoms with Crippen LogP contribution in [0.3, 0.4) is 0 Å². The molecule has 0 spiro atoms. The maximum Gasteiger partial charge on any atom is 0.280 e. The van der Waals surface area contributed by atoms with E-state index in [0.717, 1.165) is 36.1 Å². The van der Waals surface area contributed by atoms with E-state index in [0.29, 0.717) is 17.0 Å². The molecule has 0 unspecified atom stereocenters. The van der Waals surface area contributed by atoms with Gasteiger partial charge in [0.15, 0.2) is 5.65 Å². The van der Waals surface area contributed by atoms with Gasteiger partial charge < -0.3 is 16.0 Å². The first-order valence-corrected chi connectivity index (χ1v) is 10.5. The van der Waals surface area contributed by atoms with Gasteiger partial charge in [-0.3, -0.25) is 14.2 Å². The van der Waals surface area contributed by atoms with Gasteiger partial charge in [-0.05, 0) is 31.4 Å². The number of pyridine rings is 2. The van der Waals surface area contributed by atoms with Crippen LogP contribution in [0.25, 0.3) is 11.5 Å². The lowest BCUT2D eigenvalue weighted by molar-refractivity contribution is 0.0918. The Bertz CT molecular complexity index is 1400. The van der Waals surface area contributed by atoms with Gasteiger partial charge >= 0.3 is 0 Å². The van der Waals surface area contributed by atoms with Crippen LogP contribution in [0, 0.1) is 5.82 Å². The smallest absolute Gasteiger partial charge is 0.280 e. The Morgan fingerprint density at radius 3 is 2.79 bits per heavy atom. The number of nitrogens with one attached hydrogen (secondary N) is 3. The Balaban J connectivity index is 1.54. The molecule has 10 nitrogen and oxygen atoms in total. The zero-order valence-corrected chi connectivity index (χ0v) is 17.7. The van der Waals surface area contributed by atoms with Crippen molar-refractivity contribution in [1.82, 2.24) is 29.5 Å². The average Bonchev–Trinajstić information content (AvgIpc) is 3.22. The summed E-state index contributed by atoms with van der Waals surface area (Å²) in [6.45, 7) is 0. The van der Waals surface area contributed by atoms with E-state index in [-0.39, 0.29) is 29.3 Å². The van der Waals surface area contributed by atoms with Gasteiger partial charge in [-0.15, -0.1) is 0 Å². The van der Waals surface area contributed by atoms with Crippen LogP contribution in [0.15, 0.2) is 53.7 Å². The second kappa shape index (κ2) is 8.34. The fraction of sp³-hybridized carbons (Fsp3) is 0.227. The molecule has 1 amide bonds. The number of hydrogen-bond donors (Lipinski definition) is 3. The van der Waals surface area contributed by atoms with Crippen molar-refractivity contribution in [3.05, 3.63) is 70.7 Å². The molecule has 3 N–H and O–H groups in total. The molecule has 1 fully saturated rings. The van der Waals surface area contributed by atoms with Crippen LogP contribution in [0.2, 0.25) is 0 Å². The third kappa shape index (κ3) is 3.88. The van der Waals surface area contributed by atoms with E-state index in [9.17, 15) is 14.0 Å². The highest BCUT2D eigenvalue weighted by Crippen LogP contribution is 2.23. The summed E-state index contributed by atoms with van der Waals surface area (Å²) < 4.78 is 17.0. The minimum absolute atomic E-state index is 0.0282. The van der Waals surface area contributed by atoms with Crippen molar-refractivity contribution in [3.8, 4) is 5.82 Å². The minimum atomic E-state index is -0.623. The molecule has 33 heavy (non-hydrogen) atoms. The monoisotopic (exact) mass is 448 g/mol. The molecule has 1 saturated carbocycles. The summed E-state index contributed by atoms with van der Waals surface area (Å²) >= 11 is 0. The van der Waals surface area contributed by atoms with Crippen molar-refractivity contribution in [3.63, 3.8) is 0 Å². The lowest BCUT2D eigenvalue weighted by atomic mass is 9.93. The minimum Gasteiger partial charge on any atom is -0.373 e. The first-order valence-electron chi connectivity index (χ1n) is 10.5. The number of carbonyl (C=O) groups excluding carboxylic acids is 1. The predicted molar refractivity (Wildman–Crippen MR) is 121 cm³/mol. The van der Waals surface area contributed by atoms with E-state index < -0.39 is 11.4 Å². The van der Waals surface area contributed by atoms with Gasteiger partial charge in [0, 0.05) is 37.6 Å². The molecule has 0 saturated heterocycles. The highest BCUT2D eigenvalue weighted by atomic mass is 19.1. The molecule has 4 heterocycles. The Labute approximate surface area is 187 Å². The van der Waals surface area contributed by atoms with E-state index in [4.69, 9.17) is 0 Å². The first kappa shape index (κ1) is 20.6. The molecule has 1 aliphatic rings. The summed E-state index contributed by atoms with van der Waals surface area (Å²) in [6, 6.07) is 7.88. The molecule has 1 aliphatic carbocycles. The molecule has 0 aliphatic heterocycles. The van der Waals surface area contributed by atoms with Gasteiger partial charge in [-0.2, -0.15) is 9.61 Å². The SMILES string of the molecule is CNc1cc(Nc2cc(F)cn(-c3ccccn3)c2=O)nc2c(C(=O)NC3CCC3)cnn12. The predicted octanol–water partition coefficient (Wildman–Crippen LogP) is 2.48. The average molecular weight is 448 g/mol. The molecule has 4 aromatic rings. The van der Waals surface area contributed by atoms with Crippen molar-refractivity contribution in [1.29, 1.82) is 0 Å². The summed E-state index contributed by atoms with van der Waals surface area (Å²) in [6.07, 6.45) is 7.05. The molecule has 0 bridgehead atoms. The molecular formula is C22H21FN8O2. The summed E-state index contributed by atoms with van der Waals surface area (Å²) in [5.74, 6) is 0.189. The third-order valence-corrected chi connectivity index (χ3v) is 5.56. The number of halogens is 1. The number of carbonyl (C=O) groups is 1. The standard InChI is InChI=1S/C22H21FN8O2/c1-24-19-10-17(29-20-15(11-26-31(19)20)21(32)27-14-5-4-6-14)28-16-9-13(23)12-30(22(16)33)18-7-2-3-8-25-18/h2-3,7-12,14,24H,4-6H2,1H3,(H,27,32)(H,28,29). The summed E-state index contributed by atoms with van der Waals surface area (Å²) in [5.41, 5.74) is 0.0913. The zero-order valence-electron chi connectivity index (χ0n) is 17.7. The van der Waals surface area contributed by atoms with Gasteiger partial charge in [0.05, 0.1) is 6.20 Å². The lowest BCUT2D eigenvalue weighted by Crippen LogP contribution is -2.39. The number of aromatic nitrogens is 5. The molecule has 4 aromatic heterocycles. The lowest BCUT2D eigenvalue weighted by Gasteiger charge is -2.26. The number of fused-ring (bicyclic) bond motifs is 1. The second-order valence-electron chi connectivity index (χ2n) is 7.73. The van der Waals surface area contributed by atoms with Crippen LogP contribution in [0.5, 0.6) is 0 Å². The molecule has 0 radical (unpaired) electrons. The zero-order chi connectivity index (χ0) is 22.9. The highest BCUT2D eigenvalue weighted by Gasteiger charge is 2.23.